The van der Waals surface area contributed by atoms with Crippen molar-refractivity contribution >= 4 is 5.91 Å². The lowest BCUT2D eigenvalue weighted by Crippen LogP contribution is -2.51. The standard InChI is InChI=1S/C14H22N2O/c1-4-9-14(3,15)13(17)16-10-12-7-5-11(2)6-8-12/h5-8H,4,9-10,15H2,1-3H3,(H,16,17). The van der Waals surface area contributed by atoms with Crippen molar-refractivity contribution in [3.63, 3.8) is 0 Å². The van der Waals surface area contributed by atoms with Crippen molar-refractivity contribution in [2.24, 2.45) is 5.73 Å². The average molecular weight is 234 g/mol. The van der Waals surface area contributed by atoms with Gasteiger partial charge in [0, 0.05) is 6.54 Å². The SMILES string of the molecule is CCCC(C)(N)C(=O)NCc1ccc(C)cc1. The minimum atomic E-state index is -0.764. The van der Waals surface area contributed by atoms with Crippen LogP contribution in [0, 0.1) is 6.92 Å². The van der Waals surface area contributed by atoms with Gasteiger partial charge in [-0.25, -0.2) is 0 Å². The fourth-order valence-electron chi connectivity index (χ4n) is 1.72. The third-order valence-electron chi connectivity index (χ3n) is 2.86. The van der Waals surface area contributed by atoms with Gasteiger partial charge in [-0.15, -0.1) is 0 Å². The van der Waals surface area contributed by atoms with E-state index in [1.165, 1.54) is 5.56 Å². The minimum Gasteiger partial charge on any atom is -0.350 e. The predicted octanol–water partition coefficient (Wildman–Crippen LogP) is 2.13. The number of hydrogen-bond donors (Lipinski definition) is 2. The second kappa shape index (κ2) is 5.82. The van der Waals surface area contributed by atoms with Gasteiger partial charge in [-0.1, -0.05) is 43.2 Å². The molecule has 0 aliphatic rings. The van der Waals surface area contributed by atoms with E-state index in [0.29, 0.717) is 13.0 Å². The number of nitrogens with two attached hydrogens (primary N) is 1. The van der Waals surface area contributed by atoms with Gasteiger partial charge in [0.25, 0.3) is 0 Å². The van der Waals surface area contributed by atoms with Crippen molar-refractivity contribution < 1.29 is 4.79 Å². The summed E-state index contributed by atoms with van der Waals surface area (Å²) >= 11 is 0. The average Bonchev–Trinajstić information content (AvgIpc) is 2.27. The van der Waals surface area contributed by atoms with Crippen molar-refractivity contribution in [1.82, 2.24) is 5.32 Å². The van der Waals surface area contributed by atoms with Crippen LogP contribution in [-0.2, 0) is 11.3 Å². The summed E-state index contributed by atoms with van der Waals surface area (Å²) in [6, 6.07) is 8.11. The van der Waals surface area contributed by atoms with E-state index in [2.05, 4.69) is 5.32 Å². The van der Waals surface area contributed by atoms with E-state index >= 15 is 0 Å². The summed E-state index contributed by atoms with van der Waals surface area (Å²) in [4.78, 5) is 11.9. The first-order valence-electron chi connectivity index (χ1n) is 6.08. The van der Waals surface area contributed by atoms with Crippen molar-refractivity contribution in [2.45, 2.75) is 45.7 Å². The number of rotatable bonds is 5. The molecule has 0 bridgehead atoms. The summed E-state index contributed by atoms with van der Waals surface area (Å²) in [5.41, 5.74) is 7.49. The lowest BCUT2D eigenvalue weighted by molar-refractivity contribution is -0.126. The van der Waals surface area contributed by atoms with Crippen LogP contribution in [0.15, 0.2) is 24.3 Å². The largest absolute Gasteiger partial charge is 0.350 e. The van der Waals surface area contributed by atoms with Crippen molar-refractivity contribution in [1.29, 1.82) is 0 Å². The second-order valence-corrected chi connectivity index (χ2v) is 4.84. The molecule has 3 heteroatoms. The van der Waals surface area contributed by atoms with Gasteiger partial charge in [-0.2, -0.15) is 0 Å². The second-order valence-electron chi connectivity index (χ2n) is 4.84. The van der Waals surface area contributed by atoms with Gasteiger partial charge in [0.15, 0.2) is 0 Å². The van der Waals surface area contributed by atoms with Gasteiger partial charge >= 0.3 is 0 Å². The monoisotopic (exact) mass is 234 g/mol. The van der Waals surface area contributed by atoms with E-state index in [1.54, 1.807) is 6.92 Å². The smallest absolute Gasteiger partial charge is 0.240 e. The Hall–Kier alpha value is -1.35. The van der Waals surface area contributed by atoms with Crippen LogP contribution in [0.5, 0.6) is 0 Å². The van der Waals surface area contributed by atoms with E-state index in [0.717, 1.165) is 12.0 Å². The first kappa shape index (κ1) is 13.7. The minimum absolute atomic E-state index is 0.0834. The molecule has 0 heterocycles. The Bertz CT molecular complexity index is 368. The molecule has 1 atom stereocenters. The molecule has 17 heavy (non-hydrogen) atoms. The fraction of sp³-hybridized carbons (Fsp3) is 0.500. The highest BCUT2D eigenvalue weighted by Gasteiger charge is 2.26. The summed E-state index contributed by atoms with van der Waals surface area (Å²) < 4.78 is 0. The fourth-order valence-corrected chi connectivity index (χ4v) is 1.72. The molecule has 1 amide bonds. The lowest BCUT2D eigenvalue weighted by atomic mass is 9.96. The van der Waals surface area contributed by atoms with E-state index < -0.39 is 5.54 Å². The molecule has 0 fully saturated rings. The first-order valence-corrected chi connectivity index (χ1v) is 6.08. The molecule has 1 aromatic rings. The van der Waals surface area contributed by atoms with Crippen LogP contribution in [0.1, 0.15) is 37.8 Å². The summed E-state index contributed by atoms with van der Waals surface area (Å²) in [7, 11) is 0. The maximum absolute atomic E-state index is 11.9. The van der Waals surface area contributed by atoms with Gasteiger partial charge in [0.2, 0.25) is 5.91 Å². The summed E-state index contributed by atoms with van der Waals surface area (Å²) in [5.74, 6) is -0.0834. The zero-order chi connectivity index (χ0) is 12.9. The van der Waals surface area contributed by atoms with Crippen molar-refractivity contribution in [3.05, 3.63) is 35.4 Å². The molecule has 1 aromatic carbocycles. The Morgan fingerprint density at radius 1 is 1.35 bits per heavy atom. The zero-order valence-corrected chi connectivity index (χ0v) is 10.9. The predicted molar refractivity (Wildman–Crippen MR) is 70.5 cm³/mol. The van der Waals surface area contributed by atoms with Crippen LogP contribution in [-0.4, -0.2) is 11.4 Å². The Kier molecular flexibility index (Phi) is 4.70. The molecule has 0 radical (unpaired) electrons. The quantitative estimate of drug-likeness (QED) is 0.820. The molecular formula is C14H22N2O. The van der Waals surface area contributed by atoms with Crippen LogP contribution in [0.4, 0.5) is 0 Å². The van der Waals surface area contributed by atoms with E-state index in [-0.39, 0.29) is 5.91 Å². The van der Waals surface area contributed by atoms with Crippen LogP contribution >= 0.6 is 0 Å². The maximum Gasteiger partial charge on any atom is 0.240 e. The molecule has 3 nitrogen and oxygen atoms in total. The molecule has 0 aliphatic carbocycles. The maximum atomic E-state index is 11.9. The molecule has 0 spiro atoms. The lowest BCUT2D eigenvalue weighted by Gasteiger charge is -2.22. The number of aryl methyl sites for hydroxylation is 1. The van der Waals surface area contributed by atoms with Gasteiger partial charge in [0.1, 0.15) is 0 Å². The molecule has 3 N–H and O–H groups in total. The summed E-state index contributed by atoms with van der Waals surface area (Å²) in [6.07, 6.45) is 1.61. The van der Waals surface area contributed by atoms with Gasteiger partial charge < -0.3 is 11.1 Å². The zero-order valence-electron chi connectivity index (χ0n) is 10.9. The molecule has 0 aliphatic heterocycles. The Morgan fingerprint density at radius 2 is 1.94 bits per heavy atom. The molecule has 0 saturated heterocycles. The molecule has 0 saturated carbocycles. The highest BCUT2D eigenvalue weighted by molar-refractivity contribution is 5.85. The Morgan fingerprint density at radius 3 is 2.47 bits per heavy atom. The van der Waals surface area contributed by atoms with Crippen LogP contribution in [0.3, 0.4) is 0 Å². The third-order valence-corrected chi connectivity index (χ3v) is 2.86. The number of amides is 1. The molecule has 0 aromatic heterocycles. The van der Waals surface area contributed by atoms with E-state index in [1.807, 2.05) is 38.1 Å². The van der Waals surface area contributed by atoms with Gasteiger partial charge in [-0.3, -0.25) is 4.79 Å². The summed E-state index contributed by atoms with van der Waals surface area (Å²) in [6.45, 7) is 6.38. The molecule has 1 rings (SSSR count). The van der Waals surface area contributed by atoms with E-state index in [4.69, 9.17) is 5.73 Å². The third kappa shape index (κ3) is 4.19. The van der Waals surface area contributed by atoms with Crippen LogP contribution in [0.2, 0.25) is 0 Å². The number of nitrogens with one attached hydrogen (secondary N) is 1. The van der Waals surface area contributed by atoms with Crippen LogP contribution < -0.4 is 11.1 Å². The highest BCUT2D eigenvalue weighted by Crippen LogP contribution is 2.09. The van der Waals surface area contributed by atoms with Gasteiger partial charge in [-0.05, 0) is 25.8 Å². The molecule has 1 unspecified atom stereocenters. The normalized spacial score (nSPS) is 14.1. The van der Waals surface area contributed by atoms with Crippen molar-refractivity contribution in [3.8, 4) is 0 Å². The topological polar surface area (TPSA) is 55.1 Å². The first-order chi connectivity index (χ1) is 7.95. The number of carbonyl (C=O) groups is 1. The summed E-state index contributed by atoms with van der Waals surface area (Å²) in [5, 5.41) is 2.88. The number of carbonyl (C=O) groups excluding carboxylic acids is 1. The van der Waals surface area contributed by atoms with Crippen molar-refractivity contribution in [2.75, 3.05) is 0 Å². The van der Waals surface area contributed by atoms with Gasteiger partial charge in [0.05, 0.1) is 5.54 Å². The Balaban J connectivity index is 2.50. The highest BCUT2D eigenvalue weighted by atomic mass is 16.2. The van der Waals surface area contributed by atoms with E-state index in [9.17, 15) is 4.79 Å². The molecule has 94 valence electrons. The molecular weight excluding hydrogens is 212 g/mol. The van der Waals surface area contributed by atoms with Crippen LogP contribution in [0.25, 0.3) is 0 Å². The Labute approximate surface area is 103 Å². The number of benzene rings is 1. The number of hydrogen-bond acceptors (Lipinski definition) is 2.